The topological polar surface area (TPSA) is 6.48 Å². The third kappa shape index (κ3) is 4.48. The van der Waals surface area contributed by atoms with Gasteiger partial charge in [-0.25, -0.2) is 0 Å². The van der Waals surface area contributed by atoms with Gasteiger partial charge >= 0.3 is 0 Å². The molecule has 0 fully saturated rings. The summed E-state index contributed by atoms with van der Waals surface area (Å²) >= 11 is 0. The van der Waals surface area contributed by atoms with Crippen LogP contribution in [0.25, 0.3) is 0 Å². The van der Waals surface area contributed by atoms with Crippen LogP contribution in [0.4, 0.5) is 11.4 Å². The smallest absolute Gasteiger partial charge is 0.0368 e. The van der Waals surface area contributed by atoms with Crippen LogP contribution < -0.4 is 9.80 Å². The Balaban J connectivity index is 2.13. The van der Waals surface area contributed by atoms with E-state index in [2.05, 4.69) is 118 Å². The van der Waals surface area contributed by atoms with Gasteiger partial charge in [0.1, 0.15) is 0 Å². The molecule has 3 aromatic carbocycles. The Morgan fingerprint density at radius 3 is 1.69 bits per heavy atom. The Morgan fingerprint density at radius 2 is 1.21 bits per heavy atom. The molecule has 0 amide bonds. The average molecular weight is 387 g/mol. The van der Waals surface area contributed by atoms with Gasteiger partial charge in [-0.1, -0.05) is 42.5 Å². The number of anilines is 2. The fraction of sp³-hybridized carbons (Fsp3) is 0.333. The van der Waals surface area contributed by atoms with Gasteiger partial charge in [-0.2, -0.15) is 0 Å². The molecule has 0 aliphatic carbocycles. The van der Waals surface area contributed by atoms with Gasteiger partial charge in [0.05, 0.1) is 0 Å². The van der Waals surface area contributed by atoms with Crippen LogP contribution in [0.3, 0.4) is 0 Å². The van der Waals surface area contributed by atoms with Gasteiger partial charge in [0.2, 0.25) is 0 Å². The predicted molar refractivity (Wildman–Crippen MR) is 128 cm³/mol. The van der Waals surface area contributed by atoms with Crippen molar-refractivity contribution in [2.45, 2.75) is 33.6 Å². The van der Waals surface area contributed by atoms with Gasteiger partial charge in [-0.3, -0.25) is 0 Å². The highest BCUT2D eigenvalue weighted by atomic mass is 15.1. The van der Waals surface area contributed by atoms with Gasteiger partial charge in [-0.05, 0) is 79.8 Å². The Bertz CT molecular complexity index is 940. The maximum atomic E-state index is 2.41. The van der Waals surface area contributed by atoms with Crippen LogP contribution in [-0.4, -0.2) is 27.2 Å². The molecule has 0 heterocycles. The van der Waals surface area contributed by atoms with E-state index in [0.717, 1.165) is 13.1 Å². The first kappa shape index (κ1) is 21.0. The number of benzene rings is 3. The van der Waals surface area contributed by atoms with Crippen molar-refractivity contribution in [3.8, 4) is 0 Å². The first-order valence-corrected chi connectivity index (χ1v) is 10.6. The van der Waals surface area contributed by atoms with Crippen LogP contribution in [0.5, 0.6) is 0 Å². The molecule has 2 heteroatoms. The summed E-state index contributed by atoms with van der Waals surface area (Å²) in [6.45, 7) is 11.0. The second-order valence-corrected chi connectivity index (χ2v) is 7.99. The second kappa shape index (κ2) is 9.17. The molecule has 29 heavy (non-hydrogen) atoms. The van der Waals surface area contributed by atoms with E-state index in [-0.39, 0.29) is 5.92 Å². The molecular formula is C27H34N2. The van der Waals surface area contributed by atoms with Crippen molar-refractivity contribution in [3.63, 3.8) is 0 Å². The summed E-state index contributed by atoms with van der Waals surface area (Å²) in [4.78, 5) is 4.57. The normalized spacial score (nSPS) is 11.9. The van der Waals surface area contributed by atoms with E-state index in [4.69, 9.17) is 0 Å². The molecule has 0 saturated carbocycles. The van der Waals surface area contributed by atoms with Crippen LogP contribution in [0, 0.1) is 13.8 Å². The summed E-state index contributed by atoms with van der Waals surface area (Å²) in [5.74, 6) is 0.234. The SMILES string of the molecule is CCN(CC)c1ccc(C(c2ccccc2)c2ccc(N(C)C)cc2C)c(C)c1. The highest BCUT2D eigenvalue weighted by molar-refractivity contribution is 5.58. The van der Waals surface area contributed by atoms with E-state index in [1.165, 1.54) is 39.2 Å². The lowest BCUT2D eigenvalue weighted by atomic mass is 9.81. The minimum atomic E-state index is 0.234. The van der Waals surface area contributed by atoms with E-state index in [1.54, 1.807) is 0 Å². The Kier molecular flexibility index (Phi) is 6.64. The minimum absolute atomic E-state index is 0.234. The van der Waals surface area contributed by atoms with Crippen molar-refractivity contribution < 1.29 is 0 Å². The van der Waals surface area contributed by atoms with E-state index in [9.17, 15) is 0 Å². The number of aryl methyl sites for hydroxylation is 2. The van der Waals surface area contributed by atoms with Crippen molar-refractivity contribution in [2.24, 2.45) is 0 Å². The summed E-state index contributed by atoms with van der Waals surface area (Å²) in [5, 5.41) is 0. The van der Waals surface area contributed by atoms with Crippen molar-refractivity contribution in [2.75, 3.05) is 37.0 Å². The zero-order valence-corrected chi connectivity index (χ0v) is 18.7. The van der Waals surface area contributed by atoms with Crippen molar-refractivity contribution >= 4 is 11.4 Å². The van der Waals surface area contributed by atoms with Crippen LogP contribution in [0.2, 0.25) is 0 Å². The van der Waals surface area contributed by atoms with E-state index >= 15 is 0 Å². The fourth-order valence-electron chi connectivity index (χ4n) is 4.20. The number of hydrogen-bond donors (Lipinski definition) is 0. The maximum Gasteiger partial charge on any atom is 0.0368 e. The molecule has 3 aromatic rings. The minimum Gasteiger partial charge on any atom is -0.378 e. The zero-order valence-electron chi connectivity index (χ0n) is 18.7. The predicted octanol–water partition coefficient (Wildman–Crippen LogP) is 6.40. The Labute approximate surface area is 176 Å². The zero-order chi connectivity index (χ0) is 21.0. The molecule has 1 unspecified atom stereocenters. The third-order valence-corrected chi connectivity index (χ3v) is 5.91. The van der Waals surface area contributed by atoms with Crippen LogP contribution in [0.15, 0.2) is 66.7 Å². The van der Waals surface area contributed by atoms with Gasteiger partial charge in [0.25, 0.3) is 0 Å². The molecule has 0 aromatic heterocycles. The molecule has 3 rings (SSSR count). The Hall–Kier alpha value is -2.74. The van der Waals surface area contributed by atoms with Crippen LogP contribution >= 0.6 is 0 Å². The molecule has 1 atom stereocenters. The molecular weight excluding hydrogens is 352 g/mol. The summed E-state index contributed by atoms with van der Waals surface area (Å²) in [6, 6.07) is 24.7. The largest absolute Gasteiger partial charge is 0.378 e. The maximum absolute atomic E-state index is 2.41. The Morgan fingerprint density at radius 1 is 0.690 bits per heavy atom. The first-order valence-electron chi connectivity index (χ1n) is 10.6. The quantitative estimate of drug-likeness (QED) is 0.434. The number of nitrogens with zero attached hydrogens (tertiary/aromatic N) is 2. The summed E-state index contributed by atoms with van der Waals surface area (Å²) in [5.41, 5.74) is 9.33. The van der Waals surface area contributed by atoms with E-state index in [0.29, 0.717) is 0 Å². The average Bonchev–Trinajstić information content (AvgIpc) is 2.72. The highest BCUT2D eigenvalue weighted by Crippen LogP contribution is 2.37. The van der Waals surface area contributed by atoms with E-state index < -0.39 is 0 Å². The fourth-order valence-corrected chi connectivity index (χ4v) is 4.20. The van der Waals surface area contributed by atoms with Gasteiger partial charge in [0.15, 0.2) is 0 Å². The van der Waals surface area contributed by atoms with Gasteiger partial charge in [0, 0.05) is 44.5 Å². The molecule has 0 aliphatic heterocycles. The summed E-state index contributed by atoms with van der Waals surface area (Å²) in [7, 11) is 4.19. The van der Waals surface area contributed by atoms with E-state index in [1.807, 2.05) is 0 Å². The molecule has 0 N–H and O–H groups in total. The second-order valence-electron chi connectivity index (χ2n) is 7.99. The lowest BCUT2D eigenvalue weighted by molar-refractivity contribution is 0.862. The highest BCUT2D eigenvalue weighted by Gasteiger charge is 2.21. The molecule has 2 nitrogen and oxygen atoms in total. The van der Waals surface area contributed by atoms with Gasteiger partial charge < -0.3 is 9.80 Å². The third-order valence-electron chi connectivity index (χ3n) is 5.91. The molecule has 0 aliphatic rings. The van der Waals surface area contributed by atoms with Crippen LogP contribution in [-0.2, 0) is 0 Å². The molecule has 0 radical (unpaired) electrons. The molecule has 0 saturated heterocycles. The summed E-state index contributed by atoms with van der Waals surface area (Å²) in [6.07, 6.45) is 0. The number of hydrogen-bond acceptors (Lipinski definition) is 2. The summed E-state index contributed by atoms with van der Waals surface area (Å²) < 4.78 is 0. The lowest BCUT2D eigenvalue weighted by Crippen LogP contribution is -2.22. The monoisotopic (exact) mass is 386 g/mol. The van der Waals surface area contributed by atoms with Crippen molar-refractivity contribution in [3.05, 3.63) is 94.5 Å². The van der Waals surface area contributed by atoms with Gasteiger partial charge in [-0.15, -0.1) is 0 Å². The molecule has 152 valence electrons. The standard InChI is InChI=1S/C27H34N2/c1-7-29(8-2)24-15-17-26(21(4)19-24)27(22-12-10-9-11-13-22)25-16-14-23(28(5)6)18-20(25)3/h9-19,27H,7-8H2,1-6H3. The molecule has 0 spiro atoms. The van der Waals surface area contributed by atoms with Crippen LogP contribution in [0.1, 0.15) is 47.6 Å². The number of rotatable bonds is 7. The molecule has 0 bridgehead atoms. The first-order chi connectivity index (χ1) is 14.0. The van der Waals surface area contributed by atoms with Crippen molar-refractivity contribution in [1.29, 1.82) is 0 Å². The lowest BCUT2D eigenvalue weighted by Gasteiger charge is -2.26. The van der Waals surface area contributed by atoms with Crippen molar-refractivity contribution in [1.82, 2.24) is 0 Å².